The summed E-state index contributed by atoms with van der Waals surface area (Å²) in [7, 11) is 0. The predicted octanol–water partition coefficient (Wildman–Crippen LogP) is 4.93. The third kappa shape index (κ3) is 5.10. The number of carbonyl (C=O) groups excluding carboxylic acids is 1. The molecule has 114 valence electrons. The van der Waals surface area contributed by atoms with Crippen LogP contribution in [0.4, 0.5) is 4.79 Å². The van der Waals surface area contributed by atoms with E-state index in [0.29, 0.717) is 16.6 Å². The molecule has 0 aliphatic heterocycles. The molecular weight excluding hydrogens is 321 g/mol. The van der Waals surface area contributed by atoms with Gasteiger partial charge in [-0.15, -0.1) is 0 Å². The summed E-state index contributed by atoms with van der Waals surface area (Å²) >= 11 is 12.0. The van der Waals surface area contributed by atoms with E-state index in [1.807, 2.05) is 42.5 Å². The minimum atomic E-state index is -0.467. The minimum absolute atomic E-state index is 0.247. The van der Waals surface area contributed by atoms with E-state index in [9.17, 15) is 4.79 Å². The Morgan fingerprint density at radius 2 is 1.86 bits per heavy atom. The minimum Gasteiger partial charge on any atom is -0.445 e. The molecule has 0 aromatic heterocycles. The maximum Gasteiger partial charge on any atom is 0.407 e. The van der Waals surface area contributed by atoms with E-state index in [1.54, 1.807) is 18.2 Å². The lowest BCUT2D eigenvalue weighted by Gasteiger charge is -2.05. The molecule has 0 aliphatic carbocycles. The van der Waals surface area contributed by atoms with Crippen LogP contribution in [0.5, 0.6) is 0 Å². The number of rotatable bonds is 5. The SMILES string of the molecule is O=C(NCC=Cc1cccc(Cl)c1Cl)OCc1ccccc1. The summed E-state index contributed by atoms with van der Waals surface area (Å²) in [6.45, 7) is 0.590. The van der Waals surface area contributed by atoms with Crippen LogP contribution >= 0.6 is 23.2 Å². The van der Waals surface area contributed by atoms with Crippen molar-refractivity contribution in [2.45, 2.75) is 6.61 Å². The zero-order valence-electron chi connectivity index (χ0n) is 11.8. The van der Waals surface area contributed by atoms with Gasteiger partial charge in [-0.1, -0.05) is 77.8 Å². The number of nitrogens with one attached hydrogen (secondary N) is 1. The molecule has 2 aromatic rings. The first kappa shape index (κ1) is 16.4. The van der Waals surface area contributed by atoms with Crippen LogP contribution in [0.1, 0.15) is 11.1 Å². The highest BCUT2D eigenvalue weighted by Gasteiger charge is 2.02. The fourth-order valence-corrected chi connectivity index (χ4v) is 2.12. The van der Waals surface area contributed by atoms with Gasteiger partial charge in [0.25, 0.3) is 0 Å². The Labute approximate surface area is 139 Å². The lowest BCUT2D eigenvalue weighted by atomic mass is 10.2. The summed E-state index contributed by atoms with van der Waals surface area (Å²) in [5.74, 6) is 0. The van der Waals surface area contributed by atoms with E-state index in [4.69, 9.17) is 27.9 Å². The molecule has 0 spiro atoms. The van der Waals surface area contributed by atoms with Gasteiger partial charge >= 0.3 is 6.09 Å². The second-order valence-electron chi connectivity index (χ2n) is 4.49. The van der Waals surface area contributed by atoms with Gasteiger partial charge in [-0.05, 0) is 17.2 Å². The molecule has 5 heteroatoms. The van der Waals surface area contributed by atoms with Crippen molar-refractivity contribution in [1.82, 2.24) is 5.32 Å². The van der Waals surface area contributed by atoms with E-state index in [0.717, 1.165) is 11.1 Å². The first-order chi connectivity index (χ1) is 10.7. The number of benzene rings is 2. The van der Waals surface area contributed by atoms with Crippen LogP contribution in [0.3, 0.4) is 0 Å². The Kier molecular flexibility index (Phi) is 6.31. The van der Waals surface area contributed by atoms with Gasteiger partial charge in [-0.3, -0.25) is 0 Å². The Balaban J connectivity index is 1.75. The molecule has 1 N–H and O–H groups in total. The Hall–Kier alpha value is -1.97. The van der Waals surface area contributed by atoms with E-state index in [1.165, 1.54) is 0 Å². The molecule has 2 aromatic carbocycles. The van der Waals surface area contributed by atoms with Crippen molar-refractivity contribution in [3.8, 4) is 0 Å². The molecule has 0 radical (unpaired) electrons. The average Bonchev–Trinajstić information content (AvgIpc) is 2.54. The zero-order chi connectivity index (χ0) is 15.8. The van der Waals surface area contributed by atoms with Gasteiger partial charge in [-0.2, -0.15) is 0 Å². The van der Waals surface area contributed by atoms with Gasteiger partial charge in [0.15, 0.2) is 0 Å². The summed E-state index contributed by atoms with van der Waals surface area (Å²) in [5.41, 5.74) is 1.74. The molecule has 2 rings (SSSR count). The second-order valence-corrected chi connectivity index (χ2v) is 5.27. The standard InChI is InChI=1S/C17H15Cl2NO2/c18-15-10-4-8-14(16(15)19)9-5-11-20-17(21)22-12-13-6-2-1-3-7-13/h1-10H,11-12H2,(H,20,21). The molecule has 0 unspecified atom stereocenters. The fourth-order valence-electron chi connectivity index (χ4n) is 1.75. The first-order valence-corrected chi connectivity index (χ1v) is 7.47. The van der Waals surface area contributed by atoms with Crippen LogP contribution in [0.2, 0.25) is 10.0 Å². The number of carbonyl (C=O) groups is 1. The summed E-state index contributed by atoms with van der Waals surface area (Å²) in [6, 6.07) is 14.9. The Morgan fingerprint density at radius 1 is 1.09 bits per heavy atom. The maximum absolute atomic E-state index is 11.5. The first-order valence-electron chi connectivity index (χ1n) is 6.72. The van der Waals surface area contributed by atoms with E-state index >= 15 is 0 Å². The Morgan fingerprint density at radius 3 is 2.64 bits per heavy atom. The van der Waals surface area contributed by atoms with E-state index < -0.39 is 6.09 Å². The monoisotopic (exact) mass is 335 g/mol. The van der Waals surface area contributed by atoms with Gasteiger partial charge < -0.3 is 10.1 Å². The number of alkyl carbamates (subject to hydrolysis) is 1. The highest BCUT2D eigenvalue weighted by atomic mass is 35.5. The summed E-state index contributed by atoms with van der Waals surface area (Å²) < 4.78 is 5.09. The van der Waals surface area contributed by atoms with Crippen LogP contribution in [-0.4, -0.2) is 12.6 Å². The molecule has 0 bridgehead atoms. The predicted molar refractivity (Wildman–Crippen MR) is 90.1 cm³/mol. The zero-order valence-corrected chi connectivity index (χ0v) is 13.3. The van der Waals surface area contributed by atoms with E-state index in [-0.39, 0.29) is 6.61 Å². The molecular formula is C17H15Cl2NO2. The fraction of sp³-hybridized carbons (Fsp3) is 0.118. The summed E-state index contributed by atoms with van der Waals surface area (Å²) in [5, 5.41) is 3.62. The van der Waals surface area contributed by atoms with Crippen molar-refractivity contribution >= 4 is 35.4 Å². The largest absolute Gasteiger partial charge is 0.445 e. The number of amides is 1. The normalized spacial score (nSPS) is 10.6. The van der Waals surface area contributed by atoms with Crippen LogP contribution in [0.15, 0.2) is 54.6 Å². The molecule has 0 aliphatic rings. The van der Waals surface area contributed by atoms with Crippen LogP contribution < -0.4 is 5.32 Å². The lowest BCUT2D eigenvalue weighted by Crippen LogP contribution is -2.24. The van der Waals surface area contributed by atoms with Gasteiger partial charge in [0.05, 0.1) is 10.0 Å². The molecule has 0 atom stereocenters. The second kappa shape index (κ2) is 8.47. The molecule has 22 heavy (non-hydrogen) atoms. The number of ether oxygens (including phenoxy) is 1. The van der Waals surface area contributed by atoms with Gasteiger partial charge in [0.1, 0.15) is 6.61 Å². The van der Waals surface area contributed by atoms with E-state index in [2.05, 4.69) is 5.32 Å². The van der Waals surface area contributed by atoms with Gasteiger partial charge in [0.2, 0.25) is 0 Å². The number of hydrogen-bond donors (Lipinski definition) is 1. The average molecular weight is 336 g/mol. The number of hydrogen-bond acceptors (Lipinski definition) is 2. The van der Waals surface area contributed by atoms with Crippen molar-refractivity contribution < 1.29 is 9.53 Å². The van der Waals surface area contributed by atoms with Crippen LogP contribution in [0, 0.1) is 0 Å². The van der Waals surface area contributed by atoms with Crippen molar-refractivity contribution in [1.29, 1.82) is 0 Å². The quantitative estimate of drug-likeness (QED) is 0.840. The maximum atomic E-state index is 11.5. The summed E-state index contributed by atoms with van der Waals surface area (Å²) in [6.07, 6.45) is 3.11. The molecule has 1 amide bonds. The van der Waals surface area contributed by atoms with Gasteiger partial charge in [0, 0.05) is 6.54 Å². The Bertz CT molecular complexity index is 657. The third-order valence-corrected chi connectivity index (χ3v) is 3.69. The third-order valence-electron chi connectivity index (χ3n) is 2.86. The van der Waals surface area contributed by atoms with Crippen LogP contribution in [-0.2, 0) is 11.3 Å². The smallest absolute Gasteiger partial charge is 0.407 e. The highest BCUT2D eigenvalue weighted by molar-refractivity contribution is 6.42. The topological polar surface area (TPSA) is 38.3 Å². The highest BCUT2D eigenvalue weighted by Crippen LogP contribution is 2.26. The van der Waals surface area contributed by atoms with Crippen molar-refractivity contribution in [3.63, 3.8) is 0 Å². The molecule has 0 fully saturated rings. The molecule has 3 nitrogen and oxygen atoms in total. The molecule has 0 saturated carbocycles. The van der Waals surface area contributed by atoms with Gasteiger partial charge in [-0.25, -0.2) is 4.79 Å². The number of halogens is 2. The van der Waals surface area contributed by atoms with Crippen molar-refractivity contribution in [2.75, 3.05) is 6.54 Å². The van der Waals surface area contributed by atoms with Crippen molar-refractivity contribution in [3.05, 3.63) is 75.8 Å². The molecule has 0 saturated heterocycles. The van der Waals surface area contributed by atoms with Crippen molar-refractivity contribution in [2.24, 2.45) is 0 Å². The van der Waals surface area contributed by atoms with Crippen LogP contribution in [0.25, 0.3) is 6.08 Å². The lowest BCUT2D eigenvalue weighted by molar-refractivity contribution is 0.141. The summed E-state index contributed by atoms with van der Waals surface area (Å²) in [4.78, 5) is 11.5. The molecule has 0 heterocycles.